The molecule has 0 saturated carbocycles. The minimum absolute atomic E-state index is 0.0278. The van der Waals surface area contributed by atoms with Crippen molar-refractivity contribution in [1.82, 2.24) is 0 Å². The van der Waals surface area contributed by atoms with Crippen molar-refractivity contribution >= 4 is 0 Å². The van der Waals surface area contributed by atoms with Gasteiger partial charge in [0.05, 0.1) is 12.5 Å². The van der Waals surface area contributed by atoms with Crippen LogP contribution in [-0.4, -0.2) is 6.67 Å². The quantitative estimate of drug-likeness (QED) is 0.451. The summed E-state index contributed by atoms with van der Waals surface area (Å²) in [5.74, 6) is 0. The van der Waals surface area contributed by atoms with E-state index in [-0.39, 0.29) is 6.42 Å². The van der Waals surface area contributed by atoms with Crippen LogP contribution >= 0.6 is 0 Å². The van der Waals surface area contributed by atoms with Crippen LogP contribution in [0.15, 0.2) is 0 Å². The van der Waals surface area contributed by atoms with Gasteiger partial charge in [-0.05, 0) is 0 Å². The molecule has 0 bridgehead atoms. The standard InChI is InChI=1S/C3H4FN/c4-2-1-3-5/h1-2H2. The number of hydrogen-bond donors (Lipinski definition) is 0. The maximum atomic E-state index is 10.8. The van der Waals surface area contributed by atoms with Gasteiger partial charge in [-0.15, -0.1) is 0 Å². The highest BCUT2D eigenvalue weighted by atomic mass is 19.1. The van der Waals surface area contributed by atoms with Gasteiger partial charge in [-0.25, -0.2) is 4.39 Å². The van der Waals surface area contributed by atoms with Crippen LogP contribution in [0.25, 0.3) is 0 Å². The van der Waals surface area contributed by atoms with Crippen LogP contribution in [0.1, 0.15) is 6.42 Å². The highest BCUT2D eigenvalue weighted by Gasteiger charge is 1.69. The number of nitrogens with zero attached hydrogens (tertiary/aromatic N) is 1. The molecule has 0 aromatic carbocycles. The molecule has 0 fully saturated rings. The minimum atomic E-state index is -0.517. The fraction of sp³-hybridized carbons (Fsp3) is 0.667. The van der Waals surface area contributed by atoms with Gasteiger partial charge < -0.3 is 0 Å². The van der Waals surface area contributed by atoms with Crippen LogP contribution < -0.4 is 0 Å². The Morgan fingerprint density at radius 2 is 2.40 bits per heavy atom. The van der Waals surface area contributed by atoms with Crippen molar-refractivity contribution in [2.75, 3.05) is 6.67 Å². The van der Waals surface area contributed by atoms with Crippen LogP contribution in [0, 0.1) is 11.3 Å². The molecular formula is C3H4FN. The van der Waals surface area contributed by atoms with E-state index in [0.29, 0.717) is 0 Å². The van der Waals surface area contributed by atoms with E-state index in [4.69, 9.17) is 5.26 Å². The van der Waals surface area contributed by atoms with E-state index in [0.717, 1.165) is 0 Å². The van der Waals surface area contributed by atoms with Gasteiger partial charge in [0, 0.05) is 0 Å². The SMILES string of the molecule is N#CCCF. The number of rotatable bonds is 1. The predicted octanol–water partition coefficient (Wildman–Crippen LogP) is 0.870. The Morgan fingerprint density at radius 1 is 1.80 bits per heavy atom. The molecule has 0 saturated heterocycles. The maximum Gasteiger partial charge on any atom is 0.102 e. The molecule has 28 valence electrons. The van der Waals surface area contributed by atoms with Crippen LogP contribution in [0.2, 0.25) is 0 Å². The van der Waals surface area contributed by atoms with Crippen molar-refractivity contribution in [3.05, 3.63) is 0 Å². The van der Waals surface area contributed by atoms with Gasteiger partial charge in [0.25, 0.3) is 0 Å². The summed E-state index contributed by atoms with van der Waals surface area (Å²) < 4.78 is 10.8. The molecule has 0 aromatic rings. The van der Waals surface area contributed by atoms with Gasteiger partial charge in [-0.2, -0.15) is 5.26 Å². The highest BCUT2D eigenvalue weighted by Crippen LogP contribution is 1.70. The van der Waals surface area contributed by atoms with Crippen LogP contribution in [-0.2, 0) is 0 Å². The van der Waals surface area contributed by atoms with Crippen molar-refractivity contribution in [3.8, 4) is 6.07 Å². The summed E-state index contributed by atoms with van der Waals surface area (Å²) in [7, 11) is 0. The fourth-order valence-electron chi connectivity index (χ4n) is 0.0423. The van der Waals surface area contributed by atoms with Crippen LogP contribution in [0.3, 0.4) is 0 Å². The third-order valence-electron chi connectivity index (χ3n) is 0.206. The van der Waals surface area contributed by atoms with E-state index >= 15 is 0 Å². The number of alkyl halides is 1. The Kier molecular flexibility index (Phi) is 3.02. The Labute approximate surface area is 30.0 Å². The average Bonchev–Trinajstić information content (AvgIpc) is 1.41. The number of halogens is 1. The number of nitriles is 1. The molecular weight excluding hydrogens is 69.0 g/mol. The second-order valence-electron chi connectivity index (χ2n) is 0.597. The molecule has 0 N–H and O–H groups in total. The third kappa shape index (κ3) is 3.42. The molecule has 0 aliphatic rings. The van der Waals surface area contributed by atoms with Crippen LogP contribution in [0.4, 0.5) is 4.39 Å². The van der Waals surface area contributed by atoms with Gasteiger partial charge in [-0.3, -0.25) is 0 Å². The topological polar surface area (TPSA) is 23.8 Å². The van der Waals surface area contributed by atoms with Gasteiger partial charge in [0.2, 0.25) is 0 Å². The van der Waals surface area contributed by atoms with Gasteiger partial charge in [0.15, 0.2) is 0 Å². The first-order valence-corrected chi connectivity index (χ1v) is 1.34. The van der Waals surface area contributed by atoms with Crippen molar-refractivity contribution in [2.45, 2.75) is 6.42 Å². The zero-order valence-corrected chi connectivity index (χ0v) is 2.74. The summed E-state index contributed by atoms with van der Waals surface area (Å²) in [6, 6.07) is 1.64. The lowest BCUT2D eigenvalue weighted by Gasteiger charge is -1.62. The summed E-state index contributed by atoms with van der Waals surface area (Å²) in [5.41, 5.74) is 0. The lowest BCUT2D eigenvalue weighted by Crippen LogP contribution is -1.63. The van der Waals surface area contributed by atoms with Crippen molar-refractivity contribution in [1.29, 1.82) is 5.26 Å². The largest absolute Gasteiger partial charge is 0.250 e. The average molecular weight is 73.1 g/mol. The van der Waals surface area contributed by atoms with Gasteiger partial charge >= 0.3 is 0 Å². The molecule has 0 spiro atoms. The molecule has 0 radical (unpaired) electrons. The molecule has 0 amide bonds. The zero-order valence-electron chi connectivity index (χ0n) is 2.74. The lowest BCUT2D eigenvalue weighted by atomic mass is 10.5. The predicted molar refractivity (Wildman–Crippen MR) is 16.2 cm³/mol. The molecule has 0 aliphatic heterocycles. The first-order valence-electron chi connectivity index (χ1n) is 1.34. The summed E-state index contributed by atoms with van der Waals surface area (Å²) in [6.45, 7) is -0.517. The summed E-state index contributed by atoms with van der Waals surface area (Å²) >= 11 is 0. The molecule has 0 aliphatic carbocycles. The van der Waals surface area contributed by atoms with Crippen LogP contribution in [0.5, 0.6) is 0 Å². The van der Waals surface area contributed by atoms with E-state index in [1.54, 1.807) is 6.07 Å². The Hall–Kier alpha value is -0.580. The summed E-state index contributed by atoms with van der Waals surface area (Å²) in [4.78, 5) is 0. The monoisotopic (exact) mass is 73.0 g/mol. The molecule has 5 heavy (non-hydrogen) atoms. The third-order valence-corrected chi connectivity index (χ3v) is 0.206. The Bertz CT molecular complexity index is 45.3. The molecule has 1 nitrogen and oxygen atoms in total. The van der Waals surface area contributed by atoms with Crippen molar-refractivity contribution in [3.63, 3.8) is 0 Å². The molecule has 0 atom stereocenters. The molecule has 0 unspecified atom stereocenters. The molecule has 0 rings (SSSR count). The second kappa shape index (κ2) is 3.42. The second-order valence-corrected chi connectivity index (χ2v) is 0.597. The summed E-state index contributed by atoms with van der Waals surface area (Å²) in [6.07, 6.45) is 0.0278. The molecule has 0 heterocycles. The van der Waals surface area contributed by atoms with Gasteiger partial charge in [0.1, 0.15) is 6.67 Å². The first kappa shape index (κ1) is 4.42. The maximum absolute atomic E-state index is 10.8. The fourth-order valence-corrected chi connectivity index (χ4v) is 0.0423. The Balaban J connectivity index is 2.48. The normalized spacial score (nSPS) is 6.40. The highest BCUT2D eigenvalue weighted by molar-refractivity contribution is 4.65. The van der Waals surface area contributed by atoms with Gasteiger partial charge in [-0.1, -0.05) is 0 Å². The van der Waals surface area contributed by atoms with Crippen molar-refractivity contribution < 1.29 is 4.39 Å². The first-order chi connectivity index (χ1) is 2.41. The molecule has 2 heteroatoms. The van der Waals surface area contributed by atoms with E-state index in [1.165, 1.54) is 0 Å². The lowest BCUT2D eigenvalue weighted by molar-refractivity contribution is 0.504. The Morgan fingerprint density at radius 3 is 2.40 bits per heavy atom. The van der Waals surface area contributed by atoms with E-state index in [1.807, 2.05) is 0 Å². The number of hydrogen-bond acceptors (Lipinski definition) is 1. The molecule has 0 aromatic heterocycles. The zero-order chi connectivity index (χ0) is 4.12. The minimum Gasteiger partial charge on any atom is -0.250 e. The van der Waals surface area contributed by atoms with E-state index in [2.05, 4.69) is 0 Å². The van der Waals surface area contributed by atoms with E-state index < -0.39 is 6.67 Å². The smallest absolute Gasteiger partial charge is 0.102 e. The van der Waals surface area contributed by atoms with E-state index in [9.17, 15) is 4.39 Å². The van der Waals surface area contributed by atoms with Crippen molar-refractivity contribution in [2.24, 2.45) is 0 Å². The summed E-state index contributed by atoms with van der Waals surface area (Å²) in [5, 5.41) is 7.58.